The van der Waals surface area contributed by atoms with Crippen molar-refractivity contribution < 1.29 is 8.42 Å². The first kappa shape index (κ1) is 13.3. The van der Waals surface area contributed by atoms with Gasteiger partial charge in [-0.1, -0.05) is 48.5 Å². The second-order valence-electron chi connectivity index (χ2n) is 5.12. The molecule has 0 aliphatic heterocycles. The maximum absolute atomic E-state index is 12.4. The molecule has 20 heavy (non-hydrogen) atoms. The number of sulfonamides is 1. The van der Waals surface area contributed by atoms with E-state index in [0.29, 0.717) is 17.4 Å². The minimum Gasteiger partial charge on any atom is -0.207 e. The van der Waals surface area contributed by atoms with E-state index >= 15 is 0 Å². The zero-order valence-electron chi connectivity index (χ0n) is 11.1. The van der Waals surface area contributed by atoms with Crippen LogP contribution in [-0.4, -0.2) is 8.42 Å². The number of rotatable bonds is 5. The SMILES string of the molecule is O=S(=O)(NCc1ccccc1)c1ccccc1C1CC1. The summed E-state index contributed by atoms with van der Waals surface area (Å²) >= 11 is 0. The quantitative estimate of drug-likeness (QED) is 0.918. The first-order valence-corrected chi connectivity index (χ1v) is 8.28. The van der Waals surface area contributed by atoms with Crippen LogP contribution in [-0.2, 0) is 16.6 Å². The Morgan fingerprint density at radius 3 is 2.30 bits per heavy atom. The molecule has 0 amide bonds. The molecule has 0 aromatic heterocycles. The molecule has 0 bridgehead atoms. The number of hydrogen-bond acceptors (Lipinski definition) is 2. The molecule has 0 saturated heterocycles. The minimum absolute atomic E-state index is 0.322. The fraction of sp³-hybridized carbons (Fsp3) is 0.250. The lowest BCUT2D eigenvalue weighted by Gasteiger charge is -2.11. The van der Waals surface area contributed by atoms with Crippen molar-refractivity contribution in [2.45, 2.75) is 30.2 Å². The van der Waals surface area contributed by atoms with Gasteiger partial charge in [0.1, 0.15) is 0 Å². The van der Waals surface area contributed by atoms with Crippen LogP contribution >= 0.6 is 0 Å². The fourth-order valence-corrected chi connectivity index (χ4v) is 3.62. The first-order valence-electron chi connectivity index (χ1n) is 6.79. The number of benzene rings is 2. The molecule has 1 N–H and O–H groups in total. The van der Waals surface area contributed by atoms with Crippen LogP contribution in [0.1, 0.15) is 29.9 Å². The third-order valence-corrected chi connectivity index (χ3v) is 5.01. The molecular weight excluding hydrogens is 270 g/mol. The van der Waals surface area contributed by atoms with Crippen molar-refractivity contribution >= 4 is 10.0 Å². The van der Waals surface area contributed by atoms with Gasteiger partial charge in [0.05, 0.1) is 4.90 Å². The van der Waals surface area contributed by atoms with Crippen LogP contribution in [0, 0.1) is 0 Å². The molecule has 0 unspecified atom stereocenters. The second kappa shape index (κ2) is 5.38. The van der Waals surface area contributed by atoms with Crippen molar-refractivity contribution in [3.8, 4) is 0 Å². The van der Waals surface area contributed by atoms with Crippen LogP contribution in [0.15, 0.2) is 59.5 Å². The Hall–Kier alpha value is -1.65. The predicted molar refractivity (Wildman–Crippen MR) is 78.9 cm³/mol. The summed E-state index contributed by atoms with van der Waals surface area (Å²) in [5.41, 5.74) is 1.91. The third kappa shape index (κ3) is 2.92. The van der Waals surface area contributed by atoms with E-state index in [1.165, 1.54) is 0 Å². The third-order valence-electron chi connectivity index (χ3n) is 3.53. The molecule has 4 heteroatoms. The molecule has 1 aliphatic carbocycles. The van der Waals surface area contributed by atoms with Gasteiger partial charge < -0.3 is 0 Å². The Kier molecular flexibility index (Phi) is 3.59. The smallest absolute Gasteiger partial charge is 0.207 e. The standard InChI is InChI=1S/C16H17NO2S/c18-20(19,17-12-13-6-2-1-3-7-13)16-9-5-4-8-15(16)14-10-11-14/h1-9,14,17H,10-12H2. The van der Waals surface area contributed by atoms with Crippen molar-refractivity contribution in [1.82, 2.24) is 4.72 Å². The summed E-state index contributed by atoms with van der Waals surface area (Å²) in [6.07, 6.45) is 2.18. The summed E-state index contributed by atoms with van der Waals surface area (Å²) in [4.78, 5) is 0.429. The van der Waals surface area contributed by atoms with Gasteiger partial charge in [0.15, 0.2) is 0 Å². The van der Waals surface area contributed by atoms with Gasteiger partial charge in [0.2, 0.25) is 10.0 Å². The van der Waals surface area contributed by atoms with Crippen molar-refractivity contribution in [2.75, 3.05) is 0 Å². The zero-order chi connectivity index (χ0) is 14.0. The fourth-order valence-electron chi connectivity index (χ4n) is 2.31. The van der Waals surface area contributed by atoms with Gasteiger partial charge in [-0.25, -0.2) is 13.1 Å². The Labute approximate surface area is 119 Å². The average molecular weight is 287 g/mol. The maximum Gasteiger partial charge on any atom is 0.241 e. The summed E-state index contributed by atoms with van der Waals surface area (Å²) in [7, 11) is -3.44. The number of hydrogen-bond donors (Lipinski definition) is 1. The van der Waals surface area contributed by atoms with E-state index in [4.69, 9.17) is 0 Å². The molecule has 1 fully saturated rings. The molecule has 2 aromatic carbocycles. The van der Waals surface area contributed by atoms with Crippen molar-refractivity contribution in [3.63, 3.8) is 0 Å². The average Bonchev–Trinajstić information content (AvgIpc) is 3.31. The zero-order valence-corrected chi connectivity index (χ0v) is 11.9. The van der Waals surface area contributed by atoms with E-state index in [1.807, 2.05) is 42.5 Å². The normalized spacial score (nSPS) is 15.2. The van der Waals surface area contributed by atoms with E-state index < -0.39 is 10.0 Å². The van der Waals surface area contributed by atoms with Gasteiger partial charge in [-0.15, -0.1) is 0 Å². The molecule has 0 atom stereocenters. The lowest BCUT2D eigenvalue weighted by Crippen LogP contribution is -2.24. The lowest BCUT2D eigenvalue weighted by atomic mass is 10.1. The highest BCUT2D eigenvalue weighted by Gasteiger charge is 2.29. The van der Waals surface area contributed by atoms with Crippen LogP contribution < -0.4 is 4.72 Å². The highest BCUT2D eigenvalue weighted by Crippen LogP contribution is 2.42. The van der Waals surface area contributed by atoms with Gasteiger partial charge in [0.25, 0.3) is 0 Å². The monoisotopic (exact) mass is 287 g/mol. The summed E-state index contributed by atoms with van der Waals surface area (Å²) in [5, 5.41) is 0. The Morgan fingerprint density at radius 2 is 1.60 bits per heavy atom. The second-order valence-corrected chi connectivity index (χ2v) is 6.86. The van der Waals surface area contributed by atoms with Gasteiger partial charge in [-0.2, -0.15) is 0 Å². The van der Waals surface area contributed by atoms with Crippen molar-refractivity contribution in [3.05, 3.63) is 65.7 Å². The van der Waals surface area contributed by atoms with Gasteiger partial charge in [0, 0.05) is 6.54 Å². The van der Waals surface area contributed by atoms with Gasteiger partial charge >= 0.3 is 0 Å². The topological polar surface area (TPSA) is 46.2 Å². The van der Waals surface area contributed by atoms with Crippen LogP contribution in [0.2, 0.25) is 0 Å². The Balaban J connectivity index is 1.82. The van der Waals surface area contributed by atoms with Gasteiger partial charge in [-0.05, 0) is 36.0 Å². The Bertz CT molecular complexity index is 691. The molecule has 3 nitrogen and oxygen atoms in total. The maximum atomic E-state index is 12.4. The molecule has 0 heterocycles. The summed E-state index contributed by atoms with van der Waals surface area (Å²) in [6.45, 7) is 0.322. The van der Waals surface area contributed by atoms with E-state index in [9.17, 15) is 8.42 Å². The molecule has 1 aliphatic rings. The number of nitrogens with one attached hydrogen (secondary N) is 1. The van der Waals surface area contributed by atoms with Crippen LogP contribution in [0.25, 0.3) is 0 Å². The van der Waals surface area contributed by atoms with E-state index in [1.54, 1.807) is 12.1 Å². The first-order chi connectivity index (χ1) is 9.67. The molecule has 0 spiro atoms. The molecule has 104 valence electrons. The molecule has 2 aromatic rings. The van der Waals surface area contributed by atoms with E-state index in [0.717, 1.165) is 24.0 Å². The van der Waals surface area contributed by atoms with Crippen LogP contribution in [0.4, 0.5) is 0 Å². The molecule has 0 radical (unpaired) electrons. The van der Waals surface area contributed by atoms with Crippen molar-refractivity contribution in [1.29, 1.82) is 0 Å². The largest absolute Gasteiger partial charge is 0.241 e. The van der Waals surface area contributed by atoms with Crippen LogP contribution in [0.5, 0.6) is 0 Å². The molecular formula is C16H17NO2S. The predicted octanol–water partition coefficient (Wildman–Crippen LogP) is 3.04. The summed E-state index contributed by atoms with van der Waals surface area (Å²) < 4.78 is 27.6. The van der Waals surface area contributed by atoms with Crippen molar-refractivity contribution in [2.24, 2.45) is 0 Å². The summed E-state index contributed by atoms with van der Waals surface area (Å²) in [6, 6.07) is 16.9. The Morgan fingerprint density at radius 1 is 0.950 bits per heavy atom. The minimum atomic E-state index is -3.44. The molecule has 1 saturated carbocycles. The van der Waals surface area contributed by atoms with Gasteiger partial charge in [-0.3, -0.25) is 0 Å². The molecule has 3 rings (SSSR count). The van der Waals surface area contributed by atoms with E-state index in [-0.39, 0.29) is 0 Å². The van der Waals surface area contributed by atoms with E-state index in [2.05, 4.69) is 4.72 Å². The lowest BCUT2D eigenvalue weighted by molar-refractivity contribution is 0.580. The highest BCUT2D eigenvalue weighted by atomic mass is 32.2. The highest BCUT2D eigenvalue weighted by molar-refractivity contribution is 7.89. The summed E-state index contributed by atoms with van der Waals surface area (Å²) in [5.74, 6) is 0.416. The van der Waals surface area contributed by atoms with Crippen LogP contribution in [0.3, 0.4) is 0 Å².